The molecule has 0 amide bonds. The Hall–Kier alpha value is -2.70. The highest BCUT2D eigenvalue weighted by Gasteiger charge is 2.12. The highest BCUT2D eigenvalue weighted by molar-refractivity contribution is 5.86. The molecule has 0 bridgehead atoms. The van der Waals surface area contributed by atoms with E-state index in [0.29, 0.717) is 18.3 Å². The molecule has 3 rings (SSSR count). The van der Waals surface area contributed by atoms with Gasteiger partial charge in [0, 0.05) is 33.0 Å². The zero-order valence-electron chi connectivity index (χ0n) is 11.4. The fraction of sp³-hybridized carbons (Fsp3) is 0.231. The molecule has 20 heavy (non-hydrogen) atoms. The molecular formula is C13H15N7. The summed E-state index contributed by atoms with van der Waals surface area (Å²) in [5.74, 6) is 1.01. The molecular weight excluding hydrogens is 254 g/mol. The van der Waals surface area contributed by atoms with Crippen molar-refractivity contribution in [2.24, 2.45) is 7.05 Å². The molecule has 0 aliphatic carbocycles. The second-order valence-electron chi connectivity index (χ2n) is 4.63. The number of aryl methyl sites for hydroxylation is 1. The van der Waals surface area contributed by atoms with Crippen LogP contribution in [0.5, 0.6) is 0 Å². The van der Waals surface area contributed by atoms with E-state index >= 15 is 0 Å². The van der Waals surface area contributed by atoms with E-state index in [0.717, 1.165) is 16.6 Å². The third-order valence-corrected chi connectivity index (χ3v) is 3.09. The molecule has 7 heteroatoms. The monoisotopic (exact) mass is 269 g/mol. The van der Waals surface area contributed by atoms with Crippen molar-refractivity contribution in [1.82, 2.24) is 24.7 Å². The van der Waals surface area contributed by atoms with E-state index in [4.69, 9.17) is 5.73 Å². The van der Waals surface area contributed by atoms with Crippen LogP contribution in [0.4, 0.5) is 11.8 Å². The minimum Gasteiger partial charge on any atom is -0.383 e. The van der Waals surface area contributed by atoms with Crippen molar-refractivity contribution in [3.8, 4) is 0 Å². The third-order valence-electron chi connectivity index (χ3n) is 3.09. The lowest BCUT2D eigenvalue weighted by atomic mass is 10.3. The molecule has 0 atom stereocenters. The Bertz CT molecular complexity index is 735. The number of aromatic nitrogens is 5. The van der Waals surface area contributed by atoms with Gasteiger partial charge in [0.05, 0.1) is 11.6 Å². The Morgan fingerprint density at radius 1 is 1.30 bits per heavy atom. The summed E-state index contributed by atoms with van der Waals surface area (Å²) in [6.45, 7) is 0.663. The van der Waals surface area contributed by atoms with Crippen molar-refractivity contribution in [2.45, 2.75) is 6.54 Å². The van der Waals surface area contributed by atoms with Crippen LogP contribution in [-0.2, 0) is 13.6 Å². The zero-order chi connectivity index (χ0) is 14.1. The van der Waals surface area contributed by atoms with Crippen LogP contribution in [0, 0.1) is 0 Å². The molecule has 0 spiro atoms. The Morgan fingerprint density at radius 2 is 2.15 bits per heavy atom. The summed E-state index contributed by atoms with van der Waals surface area (Å²) < 4.78 is 1.69. The zero-order valence-corrected chi connectivity index (χ0v) is 11.4. The van der Waals surface area contributed by atoms with Crippen molar-refractivity contribution < 1.29 is 0 Å². The standard InChI is InChI=1S/C13H15N7/c1-19(8-9-4-3-5-15-6-9)13-17-11(14)10-7-16-20(2)12(10)18-13/h3-7H,8H2,1-2H3,(H2,14,17,18). The van der Waals surface area contributed by atoms with Gasteiger partial charge in [0.2, 0.25) is 5.95 Å². The number of hydrogen-bond acceptors (Lipinski definition) is 6. The Morgan fingerprint density at radius 3 is 2.90 bits per heavy atom. The fourth-order valence-electron chi connectivity index (χ4n) is 2.04. The first-order chi connectivity index (χ1) is 9.65. The summed E-state index contributed by atoms with van der Waals surface area (Å²) in [6, 6.07) is 3.91. The molecule has 0 saturated heterocycles. The minimum atomic E-state index is 0.441. The maximum Gasteiger partial charge on any atom is 0.229 e. The molecule has 0 saturated carbocycles. The van der Waals surface area contributed by atoms with Crippen molar-refractivity contribution in [1.29, 1.82) is 0 Å². The fourth-order valence-corrected chi connectivity index (χ4v) is 2.04. The molecule has 3 aromatic rings. The molecule has 0 aliphatic rings. The number of fused-ring (bicyclic) bond motifs is 1. The maximum atomic E-state index is 5.96. The van der Waals surface area contributed by atoms with Gasteiger partial charge in [-0.2, -0.15) is 15.1 Å². The van der Waals surface area contributed by atoms with Crippen molar-refractivity contribution in [3.63, 3.8) is 0 Å². The molecule has 0 aliphatic heterocycles. The van der Waals surface area contributed by atoms with E-state index in [1.54, 1.807) is 17.1 Å². The molecule has 102 valence electrons. The molecule has 7 nitrogen and oxygen atoms in total. The first-order valence-corrected chi connectivity index (χ1v) is 6.20. The average Bonchev–Trinajstić information content (AvgIpc) is 2.82. The summed E-state index contributed by atoms with van der Waals surface area (Å²) in [5.41, 5.74) is 7.77. The van der Waals surface area contributed by atoms with Gasteiger partial charge in [0.1, 0.15) is 5.82 Å². The lowest BCUT2D eigenvalue weighted by molar-refractivity contribution is 0.780. The van der Waals surface area contributed by atoms with Crippen molar-refractivity contribution >= 4 is 22.8 Å². The smallest absolute Gasteiger partial charge is 0.229 e. The highest BCUT2D eigenvalue weighted by Crippen LogP contribution is 2.20. The van der Waals surface area contributed by atoms with Gasteiger partial charge in [0.15, 0.2) is 5.65 Å². The number of anilines is 2. The van der Waals surface area contributed by atoms with Gasteiger partial charge < -0.3 is 10.6 Å². The normalized spacial score (nSPS) is 10.9. The first-order valence-electron chi connectivity index (χ1n) is 6.20. The first kappa shape index (κ1) is 12.3. The summed E-state index contributed by atoms with van der Waals surface area (Å²) in [5, 5.41) is 4.92. The highest BCUT2D eigenvalue weighted by atomic mass is 15.3. The van der Waals surface area contributed by atoms with Crippen LogP contribution in [0.15, 0.2) is 30.7 Å². The Kier molecular flexibility index (Phi) is 2.94. The molecule has 0 fully saturated rings. The molecule has 0 aromatic carbocycles. The van der Waals surface area contributed by atoms with Crippen LogP contribution < -0.4 is 10.6 Å². The minimum absolute atomic E-state index is 0.441. The predicted octanol–water partition coefficient (Wildman–Crippen LogP) is 0.977. The third kappa shape index (κ3) is 2.13. The van der Waals surface area contributed by atoms with E-state index in [9.17, 15) is 0 Å². The summed E-state index contributed by atoms with van der Waals surface area (Å²) in [4.78, 5) is 14.9. The van der Waals surface area contributed by atoms with Crippen molar-refractivity contribution in [2.75, 3.05) is 17.7 Å². The van der Waals surface area contributed by atoms with E-state index in [-0.39, 0.29) is 0 Å². The van der Waals surface area contributed by atoms with Gasteiger partial charge in [-0.05, 0) is 11.6 Å². The van der Waals surface area contributed by atoms with Crippen LogP contribution in [-0.4, -0.2) is 31.8 Å². The molecule has 0 radical (unpaired) electrons. The molecule has 3 aromatic heterocycles. The number of pyridine rings is 1. The number of nitrogens with zero attached hydrogens (tertiary/aromatic N) is 6. The van der Waals surface area contributed by atoms with Gasteiger partial charge in [-0.3, -0.25) is 9.67 Å². The van der Waals surface area contributed by atoms with Gasteiger partial charge in [-0.1, -0.05) is 6.07 Å². The van der Waals surface area contributed by atoms with Crippen LogP contribution >= 0.6 is 0 Å². The SMILES string of the molecule is CN(Cc1cccnc1)c1nc(N)c2cnn(C)c2n1. The summed E-state index contributed by atoms with van der Waals surface area (Å²) in [6.07, 6.45) is 5.25. The van der Waals surface area contributed by atoms with E-state index in [1.807, 2.05) is 37.3 Å². The Labute approximate surface area is 116 Å². The van der Waals surface area contributed by atoms with E-state index < -0.39 is 0 Å². The van der Waals surface area contributed by atoms with Gasteiger partial charge in [0.25, 0.3) is 0 Å². The lowest BCUT2D eigenvalue weighted by Crippen LogP contribution is -2.20. The van der Waals surface area contributed by atoms with Crippen LogP contribution in [0.25, 0.3) is 11.0 Å². The van der Waals surface area contributed by atoms with E-state index in [1.165, 1.54) is 0 Å². The lowest BCUT2D eigenvalue weighted by Gasteiger charge is -2.17. The largest absolute Gasteiger partial charge is 0.383 e. The number of hydrogen-bond donors (Lipinski definition) is 1. The summed E-state index contributed by atoms with van der Waals surface area (Å²) in [7, 11) is 3.75. The molecule has 3 heterocycles. The average molecular weight is 269 g/mol. The van der Waals surface area contributed by atoms with Gasteiger partial charge in [-0.25, -0.2) is 0 Å². The predicted molar refractivity (Wildman–Crippen MR) is 77.1 cm³/mol. The number of nitrogens with two attached hydrogens (primary N) is 1. The van der Waals surface area contributed by atoms with Crippen LogP contribution in [0.2, 0.25) is 0 Å². The Balaban J connectivity index is 1.95. The topological polar surface area (TPSA) is 85.8 Å². The van der Waals surface area contributed by atoms with Gasteiger partial charge in [-0.15, -0.1) is 0 Å². The number of nitrogen functional groups attached to an aromatic ring is 1. The van der Waals surface area contributed by atoms with Crippen molar-refractivity contribution in [3.05, 3.63) is 36.3 Å². The molecule has 2 N–H and O–H groups in total. The molecule has 0 unspecified atom stereocenters. The van der Waals surface area contributed by atoms with Crippen LogP contribution in [0.1, 0.15) is 5.56 Å². The summed E-state index contributed by atoms with van der Waals surface area (Å²) >= 11 is 0. The van der Waals surface area contributed by atoms with E-state index in [2.05, 4.69) is 20.1 Å². The maximum absolute atomic E-state index is 5.96. The van der Waals surface area contributed by atoms with Gasteiger partial charge >= 0.3 is 0 Å². The van der Waals surface area contributed by atoms with Crippen LogP contribution in [0.3, 0.4) is 0 Å². The number of rotatable bonds is 3. The quantitative estimate of drug-likeness (QED) is 0.762. The second kappa shape index (κ2) is 4.76. The second-order valence-corrected chi connectivity index (χ2v) is 4.63.